The van der Waals surface area contributed by atoms with Crippen LogP contribution in [0.15, 0.2) is 28.1 Å². The summed E-state index contributed by atoms with van der Waals surface area (Å²) >= 11 is 4.58. The highest BCUT2D eigenvalue weighted by molar-refractivity contribution is 7.80. The number of thiocarbonyl (C=S) groups is 1. The predicted molar refractivity (Wildman–Crippen MR) is 50.8 cm³/mol. The first-order chi connectivity index (χ1) is 5.70. The molecule has 0 radical (unpaired) electrons. The fourth-order valence-corrected chi connectivity index (χ4v) is 0.719. The molecule has 1 aromatic heterocycles. The van der Waals surface area contributed by atoms with Crippen molar-refractivity contribution in [1.29, 1.82) is 0 Å². The molecule has 1 rings (SSSR count). The van der Waals surface area contributed by atoms with E-state index < -0.39 is 0 Å². The van der Waals surface area contributed by atoms with Gasteiger partial charge in [0.25, 0.3) is 0 Å². The van der Waals surface area contributed by atoms with E-state index in [1.807, 2.05) is 6.92 Å². The van der Waals surface area contributed by atoms with Crippen molar-refractivity contribution in [2.24, 2.45) is 10.8 Å². The smallest absolute Gasteiger partial charge is 0.184 e. The van der Waals surface area contributed by atoms with Gasteiger partial charge in [0.2, 0.25) is 0 Å². The highest BCUT2D eigenvalue weighted by atomic mass is 32.1. The number of nitrogens with zero attached hydrogens (tertiary/aromatic N) is 1. The van der Waals surface area contributed by atoms with Crippen LogP contribution in [-0.4, -0.2) is 10.8 Å². The first-order valence-electron chi connectivity index (χ1n) is 3.32. The Bertz CT molecular complexity index is 292. The van der Waals surface area contributed by atoms with E-state index in [2.05, 4.69) is 22.7 Å². The van der Waals surface area contributed by atoms with Gasteiger partial charge in [0.05, 0.1) is 18.2 Å². The molecule has 0 atom stereocenters. The number of furan rings is 1. The number of rotatable bonds is 2. The minimum atomic E-state index is 0.151. The average molecular weight is 183 g/mol. The third-order valence-corrected chi connectivity index (χ3v) is 1.36. The van der Waals surface area contributed by atoms with E-state index in [1.165, 1.54) is 0 Å². The summed E-state index contributed by atoms with van der Waals surface area (Å²) in [5.41, 5.74) is 9.35. The van der Waals surface area contributed by atoms with Gasteiger partial charge in [0, 0.05) is 5.56 Å². The zero-order valence-electron chi connectivity index (χ0n) is 6.57. The van der Waals surface area contributed by atoms with Crippen LogP contribution in [0.4, 0.5) is 0 Å². The van der Waals surface area contributed by atoms with Crippen LogP contribution in [0.1, 0.15) is 12.5 Å². The fraction of sp³-hybridized carbons (Fsp3) is 0.143. The Labute approximate surface area is 75.4 Å². The summed E-state index contributed by atoms with van der Waals surface area (Å²) in [7, 11) is 0. The Morgan fingerprint density at radius 3 is 3.00 bits per heavy atom. The number of hydrogen-bond donors (Lipinski definition) is 2. The van der Waals surface area contributed by atoms with E-state index in [4.69, 9.17) is 10.2 Å². The minimum absolute atomic E-state index is 0.151. The van der Waals surface area contributed by atoms with Gasteiger partial charge < -0.3 is 10.2 Å². The summed E-state index contributed by atoms with van der Waals surface area (Å²) in [5, 5.41) is 4.06. The van der Waals surface area contributed by atoms with Crippen molar-refractivity contribution in [1.82, 2.24) is 5.43 Å². The first-order valence-corrected chi connectivity index (χ1v) is 3.73. The molecule has 0 bridgehead atoms. The maximum absolute atomic E-state index is 5.18. The second kappa shape index (κ2) is 3.87. The lowest BCUT2D eigenvalue weighted by atomic mass is 10.2. The largest absolute Gasteiger partial charge is 0.472 e. The molecule has 64 valence electrons. The van der Waals surface area contributed by atoms with Gasteiger partial charge in [0.15, 0.2) is 5.11 Å². The standard InChI is InChI=1S/C7H9N3OS/c1-5(9-10-7(8)12)6-2-3-11-4-6/h2-4H,1H3,(H3,8,10,12). The van der Waals surface area contributed by atoms with Crippen molar-refractivity contribution in [2.45, 2.75) is 6.92 Å². The number of nitrogens with two attached hydrogens (primary N) is 1. The third kappa shape index (κ3) is 2.35. The van der Waals surface area contributed by atoms with Crippen LogP contribution in [0.25, 0.3) is 0 Å². The number of hydrazone groups is 1. The average Bonchev–Trinajstić information content (AvgIpc) is 2.51. The van der Waals surface area contributed by atoms with Gasteiger partial charge in [-0.05, 0) is 25.2 Å². The lowest BCUT2D eigenvalue weighted by Crippen LogP contribution is -2.25. The molecule has 0 spiro atoms. The molecule has 5 heteroatoms. The molecule has 1 aromatic rings. The molecule has 0 aliphatic rings. The van der Waals surface area contributed by atoms with Crippen LogP contribution in [0.3, 0.4) is 0 Å². The predicted octanol–water partition coefficient (Wildman–Crippen LogP) is 0.837. The summed E-state index contributed by atoms with van der Waals surface area (Å²) in [6.07, 6.45) is 3.18. The molecule has 0 saturated carbocycles. The molecule has 12 heavy (non-hydrogen) atoms. The van der Waals surface area contributed by atoms with Crippen LogP contribution < -0.4 is 11.2 Å². The molecule has 0 aliphatic carbocycles. The van der Waals surface area contributed by atoms with Gasteiger partial charge in [-0.2, -0.15) is 5.10 Å². The first kappa shape index (κ1) is 8.73. The second-order valence-electron chi connectivity index (χ2n) is 2.19. The molecule has 0 saturated heterocycles. The SMILES string of the molecule is CC(=NNC(N)=S)c1ccoc1. The highest BCUT2D eigenvalue weighted by Crippen LogP contribution is 2.00. The fourth-order valence-electron chi connectivity index (χ4n) is 0.674. The van der Waals surface area contributed by atoms with Crippen molar-refractivity contribution in [3.63, 3.8) is 0 Å². The topological polar surface area (TPSA) is 63.5 Å². The minimum Gasteiger partial charge on any atom is -0.472 e. The quantitative estimate of drug-likeness (QED) is 0.405. The van der Waals surface area contributed by atoms with E-state index in [0.717, 1.165) is 11.3 Å². The molecule has 4 nitrogen and oxygen atoms in total. The highest BCUT2D eigenvalue weighted by Gasteiger charge is 1.97. The normalized spacial score (nSPS) is 11.2. The van der Waals surface area contributed by atoms with E-state index in [0.29, 0.717) is 0 Å². The van der Waals surface area contributed by atoms with Gasteiger partial charge in [0.1, 0.15) is 0 Å². The van der Waals surface area contributed by atoms with Crippen molar-refractivity contribution in [2.75, 3.05) is 0 Å². The zero-order chi connectivity index (χ0) is 8.97. The van der Waals surface area contributed by atoms with Gasteiger partial charge in [-0.3, -0.25) is 5.43 Å². The van der Waals surface area contributed by atoms with Gasteiger partial charge in [-0.15, -0.1) is 0 Å². The van der Waals surface area contributed by atoms with Crippen molar-refractivity contribution in [3.8, 4) is 0 Å². The Balaban J connectivity index is 2.65. The van der Waals surface area contributed by atoms with Crippen LogP contribution in [-0.2, 0) is 0 Å². The maximum Gasteiger partial charge on any atom is 0.184 e. The molecular formula is C7H9N3OS. The molecule has 3 N–H and O–H groups in total. The van der Waals surface area contributed by atoms with Crippen molar-refractivity contribution >= 4 is 23.0 Å². The molecular weight excluding hydrogens is 174 g/mol. The molecule has 0 unspecified atom stereocenters. The van der Waals surface area contributed by atoms with Gasteiger partial charge in [-0.25, -0.2) is 0 Å². The van der Waals surface area contributed by atoms with Crippen LogP contribution in [0.5, 0.6) is 0 Å². The Hall–Kier alpha value is -1.36. The molecule has 0 amide bonds. The zero-order valence-corrected chi connectivity index (χ0v) is 7.39. The van der Waals surface area contributed by atoms with Crippen LogP contribution >= 0.6 is 12.2 Å². The summed E-state index contributed by atoms with van der Waals surface area (Å²) in [4.78, 5) is 0. The third-order valence-electron chi connectivity index (χ3n) is 1.27. The monoisotopic (exact) mass is 183 g/mol. The Kier molecular flexibility index (Phi) is 2.82. The summed E-state index contributed by atoms with van der Waals surface area (Å²) < 4.78 is 4.87. The Morgan fingerprint density at radius 2 is 2.50 bits per heavy atom. The Morgan fingerprint density at radius 1 is 1.75 bits per heavy atom. The molecule has 0 aliphatic heterocycles. The van der Waals surface area contributed by atoms with E-state index >= 15 is 0 Å². The number of nitrogens with one attached hydrogen (secondary N) is 1. The number of hydrogen-bond acceptors (Lipinski definition) is 3. The molecule has 0 aromatic carbocycles. The lowest BCUT2D eigenvalue weighted by Gasteiger charge is -1.97. The van der Waals surface area contributed by atoms with Crippen LogP contribution in [0, 0.1) is 0 Å². The molecule has 1 heterocycles. The van der Waals surface area contributed by atoms with Crippen LogP contribution in [0.2, 0.25) is 0 Å². The van der Waals surface area contributed by atoms with E-state index in [-0.39, 0.29) is 5.11 Å². The van der Waals surface area contributed by atoms with Crippen molar-refractivity contribution < 1.29 is 4.42 Å². The second-order valence-corrected chi connectivity index (χ2v) is 2.63. The summed E-state index contributed by atoms with van der Waals surface area (Å²) in [6, 6.07) is 1.81. The van der Waals surface area contributed by atoms with Crippen molar-refractivity contribution in [3.05, 3.63) is 24.2 Å². The van der Waals surface area contributed by atoms with E-state index in [1.54, 1.807) is 18.6 Å². The lowest BCUT2D eigenvalue weighted by molar-refractivity contribution is 0.567. The summed E-state index contributed by atoms with van der Waals surface area (Å²) in [5.74, 6) is 0. The summed E-state index contributed by atoms with van der Waals surface area (Å²) in [6.45, 7) is 1.83. The van der Waals surface area contributed by atoms with Gasteiger partial charge >= 0.3 is 0 Å². The van der Waals surface area contributed by atoms with E-state index in [9.17, 15) is 0 Å². The molecule has 0 fully saturated rings. The maximum atomic E-state index is 5.18. The van der Waals surface area contributed by atoms with Gasteiger partial charge in [-0.1, -0.05) is 0 Å².